The summed E-state index contributed by atoms with van der Waals surface area (Å²) in [6, 6.07) is 14.1. The van der Waals surface area contributed by atoms with Crippen LogP contribution in [0.25, 0.3) is 0 Å². The van der Waals surface area contributed by atoms with E-state index in [1.807, 2.05) is 37.3 Å². The smallest absolute Gasteiger partial charge is 0.226 e. The Bertz CT molecular complexity index is 753. The van der Waals surface area contributed by atoms with E-state index in [0.29, 0.717) is 13.0 Å². The number of ether oxygens (including phenoxy) is 1. The summed E-state index contributed by atoms with van der Waals surface area (Å²) in [6.45, 7) is 4.84. The van der Waals surface area contributed by atoms with Crippen LogP contribution in [0.1, 0.15) is 31.2 Å². The third-order valence-corrected chi connectivity index (χ3v) is 4.89. The molecular formula is C22H29N3O2. The molecule has 1 saturated heterocycles. The summed E-state index contributed by atoms with van der Waals surface area (Å²) in [4.78, 5) is 14.6. The van der Waals surface area contributed by atoms with E-state index >= 15 is 0 Å². The van der Waals surface area contributed by atoms with E-state index in [1.165, 1.54) is 24.9 Å². The summed E-state index contributed by atoms with van der Waals surface area (Å²) in [5, 5.41) is 6.25. The molecule has 5 nitrogen and oxygen atoms in total. The summed E-state index contributed by atoms with van der Waals surface area (Å²) in [5.41, 5.74) is 4.14. The predicted octanol–water partition coefficient (Wildman–Crippen LogP) is 4.43. The lowest BCUT2D eigenvalue weighted by Crippen LogP contribution is -2.29. The van der Waals surface area contributed by atoms with Crippen molar-refractivity contribution in [3.05, 3.63) is 48.0 Å². The SMILES string of the molecule is COc1ccc(C)cc1NCCC(=O)Nc1ccc(N2CCCCC2)cc1. The molecule has 27 heavy (non-hydrogen) atoms. The number of hydrogen-bond donors (Lipinski definition) is 2. The van der Waals surface area contributed by atoms with E-state index < -0.39 is 0 Å². The zero-order chi connectivity index (χ0) is 19.1. The molecular weight excluding hydrogens is 338 g/mol. The van der Waals surface area contributed by atoms with E-state index in [9.17, 15) is 4.79 Å². The molecule has 0 aliphatic carbocycles. The molecule has 0 aromatic heterocycles. The first kappa shape index (κ1) is 19.1. The number of carbonyl (C=O) groups is 1. The van der Waals surface area contributed by atoms with Crippen LogP contribution in [0.5, 0.6) is 5.75 Å². The van der Waals surface area contributed by atoms with Gasteiger partial charge in [0.2, 0.25) is 5.91 Å². The largest absolute Gasteiger partial charge is 0.495 e. The van der Waals surface area contributed by atoms with Gasteiger partial charge in [0.05, 0.1) is 12.8 Å². The Balaban J connectivity index is 1.47. The number of carbonyl (C=O) groups excluding carboxylic acids is 1. The summed E-state index contributed by atoms with van der Waals surface area (Å²) < 4.78 is 5.35. The molecule has 0 atom stereocenters. The fraction of sp³-hybridized carbons (Fsp3) is 0.409. The summed E-state index contributed by atoms with van der Waals surface area (Å²) >= 11 is 0. The number of methoxy groups -OCH3 is 1. The number of benzene rings is 2. The van der Waals surface area contributed by atoms with Crippen LogP contribution < -0.4 is 20.3 Å². The zero-order valence-electron chi connectivity index (χ0n) is 16.3. The maximum absolute atomic E-state index is 12.2. The van der Waals surface area contributed by atoms with Crippen molar-refractivity contribution in [3.8, 4) is 5.75 Å². The van der Waals surface area contributed by atoms with Crippen LogP contribution in [0.15, 0.2) is 42.5 Å². The molecule has 144 valence electrons. The Labute approximate surface area is 161 Å². The molecule has 5 heteroatoms. The van der Waals surface area contributed by atoms with Crippen molar-refractivity contribution in [2.24, 2.45) is 0 Å². The lowest BCUT2D eigenvalue weighted by Gasteiger charge is -2.28. The minimum atomic E-state index is -0.000146. The predicted molar refractivity (Wildman–Crippen MR) is 112 cm³/mol. The number of nitrogens with zero attached hydrogens (tertiary/aromatic N) is 1. The molecule has 3 rings (SSSR count). The van der Waals surface area contributed by atoms with Gasteiger partial charge in [-0.25, -0.2) is 0 Å². The molecule has 1 heterocycles. The Morgan fingerprint density at radius 3 is 2.52 bits per heavy atom. The van der Waals surface area contributed by atoms with Crippen LogP contribution in [0.4, 0.5) is 17.1 Å². The highest BCUT2D eigenvalue weighted by Gasteiger charge is 2.11. The molecule has 1 aliphatic heterocycles. The van der Waals surface area contributed by atoms with Gasteiger partial charge >= 0.3 is 0 Å². The number of nitrogens with one attached hydrogen (secondary N) is 2. The fourth-order valence-corrected chi connectivity index (χ4v) is 3.40. The lowest BCUT2D eigenvalue weighted by molar-refractivity contribution is -0.115. The molecule has 1 amide bonds. The molecule has 2 N–H and O–H groups in total. The van der Waals surface area contributed by atoms with Crippen LogP contribution in [0, 0.1) is 6.92 Å². The highest BCUT2D eigenvalue weighted by Crippen LogP contribution is 2.25. The quantitative estimate of drug-likeness (QED) is 0.760. The van der Waals surface area contributed by atoms with E-state index in [4.69, 9.17) is 4.74 Å². The topological polar surface area (TPSA) is 53.6 Å². The second kappa shape index (κ2) is 9.31. The zero-order valence-corrected chi connectivity index (χ0v) is 16.3. The molecule has 1 aliphatic rings. The average Bonchev–Trinajstić information content (AvgIpc) is 2.69. The first-order valence-corrected chi connectivity index (χ1v) is 9.69. The normalized spacial score (nSPS) is 13.9. The highest BCUT2D eigenvalue weighted by atomic mass is 16.5. The van der Waals surface area contributed by atoms with Gasteiger partial charge in [-0.3, -0.25) is 4.79 Å². The van der Waals surface area contributed by atoms with E-state index in [2.05, 4.69) is 27.7 Å². The van der Waals surface area contributed by atoms with Crippen LogP contribution >= 0.6 is 0 Å². The standard InChI is InChI=1S/C22H29N3O2/c1-17-6-11-21(27-2)20(16-17)23-13-12-22(26)24-18-7-9-19(10-8-18)25-14-4-3-5-15-25/h6-11,16,23H,3-5,12-15H2,1-2H3,(H,24,26). The average molecular weight is 367 g/mol. The molecule has 0 unspecified atom stereocenters. The summed E-state index contributed by atoms with van der Waals surface area (Å²) in [7, 11) is 1.65. The van der Waals surface area contributed by atoms with Crippen molar-refractivity contribution >= 4 is 23.0 Å². The number of amides is 1. The second-order valence-corrected chi connectivity index (χ2v) is 7.02. The van der Waals surface area contributed by atoms with Crippen LogP contribution in [0.3, 0.4) is 0 Å². The van der Waals surface area contributed by atoms with Crippen LogP contribution in [0.2, 0.25) is 0 Å². The minimum Gasteiger partial charge on any atom is -0.495 e. The third kappa shape index (κ3) is 5.39. The Hall–Kier alpha value is -2.69. The third-order valence-electron chi connectivity index (χ3n) is 4.89. The van der Waals surface area contributed by atoms with Crippen molar-refractivity contribution in [1.29, 1.82) is 0 Å². The first-order valence-electron chi connectivity index (χ1n) is 9.69. The van der Waals surface area contributed by atoms with Gasteiger partial charge in [-0.1, -0.05) is 6.07 Å². The van der Waals surface area contributed by atoms with E-state index in [-0.39, 0.29) is 5.91 Å². The number of anilines is 3. The van der Waals surface area contributed by atoms with Crippen LogP contribution in [-0.4, -0.2) is 32.7 Å². The Kier molecular flexibility index (Phi) is 6.58. The van der Waals surface area contributed by atoms with Gasteiger partial charge < -0.3 is 20.3 Å². The van der Waals surface area contributed by atoms with Gasteiger partial charge in [0.1, 0.15) is 5.75 Å². The van der Waals surface area contributed by atoms with Gasteiger partial charge in [-0.05, 0) is 68.1 Å². The molecule has 2 aromatic rings. The van der Waals surface area contributed by atoms with Crippen molar-refractivity contribution in [2.75, 3.05) is 42.3 Å². The molecule has 2 aromatic carbocycles. The monoisotopic (exact) mass is 367 g/mol. The highest BCUT2D eigenvalue weighted by molar-refractivity contribution is 5.91. The van der Waals surface area contributed by atoms with Crippen molar-refractivity contribution in [1.82, 2.24) is 0 Å². The fourth-order valence-electron chi connectivity index (χ4n) is 3.40. The van der Waals surface area contributed by atoms with Gasteiger partial charge in [0.15, 0.2) is 0 Å². The van der Waals surface area contributed by atoms with Crippen molar-refractivity contribution in [2.45, 2.75) is 32.6 Å². The van der Waals surface area contributed by atoms with E-state index in [0.717, 1.165) is 35.8 Å². The van der Waals surface area contributed by atoms with Gasteiger partial charge in [-0.2, -0.15) is 0 Å². The van der Waals surface area contributed by atoms with Gasteiger partial charge in [-0.15, -0.1) is 0 Å². The first-order chi connectivity index (χ1) is 13.2. The molecule has 1 fully saturated rings. The van der Waals surface area contributed by atoms with Gasteiger partial charge in [0.25, 0.3) is 0 Å². The minimum absolute atomic E-state index is 0.000146. The van der Waals surface area contributed by atoms with Gasteiger partial charge in [0, 0.05) is 37.4 Å². The molecule has 0 saturated carbocycles. The Morgan fingerprint density at radius 1 is 1.07 bits per heavy atom. The molecule has 0 bridgehead atoms. The van der Waals surface area contributed by atoms with Crippen LogP contribution in [-0.2, 0) is 4.79 Å². The molecule has 0 spiro atoms. The number of piperidine rings is 1. The maximum Gasteiger partial charge on any atom is 0.226 e. The Morgan fingerprint density at radius 2 is 1.81 bits per heavy atom. The summed E-state index contributed by atoms with van der Waals surface area (Å²) in [5.74, 6) is 0.786. The van der Waals surface area contributed by atoms with Crippen molar-refractivity contribution < 1.29 is 9.53 Å². The second-order valence-electron chi connectivity index (χ2n) is 7.02. The molecule has 0 radical (unpaired) electrons. The van der Waals surface area contributed by atoms with Crippen molar-refractivity contribution in [3.63, 3.8) is 0 Å². The number of aryl methyl sites for hydroxylation is 1. The van der Waals surface area contributed by atoms with E-state index in [1.54, 1.807) is 7.11 Å². The lowest BCUT2D eigenvalue weighted by atomic mass is 10.1. The number of hydrogen-bond acceptors (Lipinski definition) is 4. The summed E-state index contributed by atoms with van der Waals surface area (Å²) in [6.07, 6.45) is 4.24. The maximum atomic E-state index is 12.2. The number of rotatable bonds is 7.